The van der Waals surface area contributed by atoms with Crippen LogP contribution in [0.4, 0.5) is 5.95 Å². The summed E-state index contributed by atoms with van der Waals surface area (Å²) in [6, 6.07) is 14.7. The molecule has 0 aliphatic heterocycles. The standard InChI is InChI=1S/C30H34N6/c1-28(2)22-11-9-20(17-23(22)29(3,4)30(28,5)6)24-12-10-21(18-32-24)26-33-25(19-13-15-31-16-14-19)34-27(35-26)36(7)8/h9-18H,1-8H3. The summed E-state index contributed by atoms with van der Waals surface area (Å²) >= 11 is 0. The first kappa shape index (κ1) is 24.0. The summed E-state index contributed by atoms with van der Waals surface area (Å²) in [6.07, 6.45) is 5.34. The third kappa shape index (κ3) is 3.58. The van der Waals surface area contributed by atoms with Crippen LogP contribution in [0.5, 0.6) is 0 Å². The number of benzene rings is 1. The van der Waals surface area contributed by atoms with Crippen molar-refractivity contribution < 1.29 is 0 Å². The van der Waals surface area contributed by atoms with Gasteiger partial charge in [-0.3, -0.25) is 9.97 Å². The molecule has 0 unspecified atom stereocenters. The van der Waals surface area contributed by atoms with E-state index < -0.39 is 0 Å². The predicted octanol–water partition coefficient (Wildman–Crippen LogP) is 6.32. The van der Waals surface area contributed by atoms with Gasteiger partial charge in [0.05, 0.1) is 5.69 Å². The summed E-state index contributed by atoms with van der Waals surface area (Å²) in [4.78, 5) is 24.8. The lowest BCUT2D eigenvalue weighted by molar-refractivity contribution is 0.125. The van der Waals surface area contributed by atoms with Gasteiger partial charge in [-0.25, -0.2) is 4.98 Å². The van der Waals surface area contributed by atoms with Crippen LogP contribution in [0.25, 0.3) is 34.0 Å². The number of rotatable bonds is 4. The first-order chi connectivity index (χ1) is 16.9. The molecule has 3 heterocycles. The Bertz CT molecular complexity index is 1420. The molecule has 5 rings (SSSR count). The molecule has 1 aliphatic carbocycles. The molecule has 0 amide bonds. The molecule has 0 radical (unpaired) electrons. The van der Waals surface area contributed by atoms with Gasteiger partial charge in [0, 0.05) is 49.4 Å². The number of anilines is 1. The van der Waals surface area contributed by atoms with Gasteiger partial charge in [-0.15, -0.1) is 0 Å². The maximum Gasteiger partial charge on any atom is 0.228 e. The zero-order valence-corrected chi connectivity index (χ0v) is 22.5. The third-order valence-corrected chi connectivity index (χ3v) is 8.77. The zero-order valence-electron chi connectivity index (χ0n) is 22.5. The highest BCUT2D eigenvalue weighted by atomic mass is 15.2. The fourth-order valence-electron chi connectivity index (χ4n) is 5.24. The van der Waals surface area contributed by atoms with Crippen molar-refractivity contribution in [3.63, 3.8) is 0 Å². The molecule has 184 valence electrons. The van der Waals surface area contributed by atoms with E-state index in [2.05, 4.69) is 80.8 Å². The largest absolute Gasteiger partial charge is 0.347 e. The van der Waals surface area contributed by atoms with E-state index in [-0.39, 0.29) is 16.2 Å². The summed E-state index contributed by atoms with van der Waals surface area (Å²) in [5, 5.41) is 0. The van der Waals surface area contributed by atoms with E-state index >= 15 is 0 Å². The molecule has 1 aromatic carbocycles. The Labute approximate surface area is 213 Å². The van der Waals surface area contributed by atoms with E-state index in [0.29, 0.717) is 17.6 Å². The second kappa shape index (κ2) is 8.19. The van der Waals surface area contributed by atoms with Crippen molar-refractivity contribution >= 4 is 5.95 Å². The molecule has 6 heteroatoms. The fraction of sp³-hybridized carbons (Fsp3) is 0.367. The summed E-state index contributed by atoms with van der Waals surface area (Å²) in [5.74, 6) is 1.81. The number of hydrogen-bond donors (Lipinski definition) is 0. The van der Waals surface area contributed by atoms with Crippen LogP contribution in [-0.4, -0.2) is 39.0 Å². The Morgan fingerprint density at radius 2 is 1.25 bits per heavy atom. The van der Waals surface area contributed by atoms with Crippen LogP contribution < -0.4 is 4.90 Å². The van der Waals surface area contributed by atoms with Gasteiger partial charge in [0.2, 0.25) is 5.95 Å². The molecule has 3 aromatic heterocycles. The lowest BCUT2D eigenvalue weighted by Crippen LogP contribution is -2.42. The first-order valence-electron chi connectivity index (χ1n) is 12.4. The van der Waals surface area contributed by atoms with Gasteiger partial charge in [0.1, 0.15) is 0 Å². The minimum atomic E-state index is 0.0542. The van der Waals surface area contributed by atoms with Gasteiger partial charge >= 0.3 is 0 Å². The van der Waals surface area contributed by atoms with E-state index in [1.54, 1.807) is 12.4 Å². The number of hydrogen-bond acceptors (Lipinski definition) is 6. The topological polar surface area (TPSA) is 67.7 Å². The smallest absolute Gasteiger partial charge is 0.228 e. The highest BCUT2D eigenvalue weighted by molar-refractivity contribution is 5.68. The maximum absolute atomic E-state index is 4.82. The second-order valence-electron chi connectivity index (χ2n) is 11.5. The lowest BCUT2D eigenvalue weighted by atomic mass is 9.59. The number of fused-ring (bicyclic) bond motifs is 1. The Morgan fingerprint density at radius 1 is 0.639 bits per heavy atom. The van der Waals surface area contributed by atoms with E-state index in [4.69, 9.17) is 9.97 Å². The highest BCUT2D eigenvalue weighted by Crippen LogP contribution is 2.61. The van der Waals surface area contributed by atoms with Crippen LogP contribution in [-0.2, 0) is 10.8 Å². The minimum absolute atomic E-state index is 0.0542. The molecule has 1 aliphatic rings. The number of pyridine rings is 2. The average Bonchev–Trinajstić information content (AvgIpc) is 2.98. The van der Waals surface area contributed by atoms with E-state index in [0.717, 1.165) is 22.4 Å². The quantitative estimate of drug-likeness (QED) is 0.342. The molecule has 36 heavy (non-hydrogen) atoms. The summed E-state index contributed by atoms with van der Waals surface area (Å²) in [7, 11) is 3.85. The van der Waals surface area contributed by atoms with Gasteiger partial charge in [0.15, 0.2) is 11.6 Å². The first-order valence-corrected chi connectivity index (χ1v) is 12.4. The SMILES string of the molecule is CN(C)c1nc(-c2ccncc2)nc(-c2ccc(-c3ccc4c(c3)C(C)(C)C(C)(C)C4(C)C)nc2)n1. The van der Waals surface area contributed by atoms with Gasteiger partial charge in [0.25, 0.3) is 0 Å². The van der Waals surface area contributed by atoms with E-state index in [1.807, 2.05) is 43.4 Å². The van der Waals surface area contributed by atoms with Gasteiger partial charge in [-0.2, -0.15) is 9.97 Å². The molecule has 6 nitrogen and oxygen atoms in total. The predicted molar refractivity (Wildman–Crippen MR) is 146 cm³/mol. The Balaban J connectivity index is 1.53. The van der Waals surface area contributed by atoms with E-state index in [1.165, 1.54) is 11.1 Å². The molecule has 0 fully saturated rings. The number of nitrogens with zero attached hydrogens (tertiary/aromatic N) is 6. The van der Waals surface area contributed by atoms with Crippen molar-refractivity contribution in [2.75, 3.05) is 19.0 Å². The number of aromatic nitrogens is 5. The molecule has 0 atom stereocenters. The van der Waals surface area contributed by atoms with Gasteiger partial charge in [-0.1, -0.05) is 53.7 Å². The molecule has 0 spiro atoms. The fourth-order valence-corrected chi connectivity index (χ4v) is 5.24. The van der Waals surface area contributed by atoms with Crippen molar-refractivity contribution in [2.24, 2.45) is 5.41 Å². The molecule has 0 N–H and O–H groups in total. The Kier molecular flexibility index (Phi) is 5.47. The van der Waals surface area contributed by atoms with Crippen molar-refractivity contribution in [3.05, 3.63) is 72.2 Å². The minimum Gasteiger partial charge on any atom is -0.347 e. The third-order valence-electron chi connectivity index (χ3n) is 8.77. The molecule has 0 saturated carbocycles. The van der Waals surface area contributed by atoms with E-state index in [9.17, 15) is 0 Å². The summed E-state index contributed by atoms with van der Waals surface area (Å²) in [5.41, 5.74) is 6.94. The van der Waals surface area contributed by atoms with Crippen molar-refractivity contribution in [3.8, 4) is 34.0 Å². The van der Waals surface area contributed by atoms with Crippen molar-refractivity contribution in [1.29, 1.82) is 0 Å². The van der Waals surface area contributed by atoms with Crippen LogP contribution in [0.1, 0.15) is 52.7 Å². The zero-order chi connectivity index (χ0) is 25.9. The van der Waals surface area contributed by atoms with Crippen LogP contribution in [0, 0.1) is 5.41 Å². The molecular formula is C30H34N6. The summed E-state index contributed by atoms with van der Waals surface area (Å²) < 4.78 is 0. The average molecular weight is 479 g/mol. The van der Waals surface area contributed by atoms with Gasteiger partial charge in [-0.05, 0) is 57.7 Å². The van der Waals surface area contributed by atoms with Crippen LogP contribution in [0.3, 0.4) is 0 Å². The Morgan fingerprint density at radius 3 is 1.86 bits per heavy atom. The van der Waals surface area contributed by atoms with Crippen LogP contribution in [0.2, 0.25) is 0 Å². The molecule has 4 aromatic rings. The van der Waals surface area contributed by atoms with Crippen LogP contribution in [0.15, 0.2) is 61.1 Å². The van der Waals surface area contributed by atoms with Crippen molar-refractivity contribution in [2.45, 2.75) is 52.4 Å². The summed E-state index contributed by atoms with van der Waals surface area (Å²) in [6.45, 7) is 14.2. The second-order valence-corrected chi connectivity index (χ2v) is 11.5. The normalized spacial score (nSPS) is 17.0. The Hall–Kier alpha value is -3.67. The molecular weight excluding hydrogens is 444 g/mol. The van der Waals surface area contributed by atoms with Gasteiger partial charge < -0.3 is 4.90 Å². The molecule has 0 bridgehead atoms. The van der Waals surface area contributed by atoms with Crippen molar-refractivity contribution in [1.82, 2.24) is 24.9 Å². The van der Waals surface area contributed by atoms with Crippen LogP contribution >= 0.6 is 0 Å². The highest BCUT2D eigenvalue weighted by Gasteiger charge is 2.56. The maximum atomic E-state index is 4.82. The lowest BCUT2D eigenvalue weighted by Gasteiger charge is -2.44. The molecule has 0 saturated heterocycles. The monoisotopic (exact) mass is 478 g/mol.